The Morgan fingerprint density at radius 2 is 1.48 bits per heavy atom. The molecule has 9 heteroatoms. The zero-order chi connectivity index (χ0) is 16.7. The summed E-state index contributed by atoms with van der Waals surface area (Å²) in [4.78, 5) is 0.0158. The summed E-state index contributed by atoms with van der Waals surface area (Å²) < 4.78 is 60.2. The second kappa shape index (κ2) is 5.43. The van der Waals surface area contributed by atoms with Crippen LogP contribution in [0.1, 0.15) is 0 Å². The Kier molecular flexibility index (Phi) is 3.69. The standard InChI is InChI=1S/C14H13NO6S2/c1-22(16,17)11-3-5-12(6-4-11)23(18,19)15-10-2-7-13-14(8-10)21-9-20-13/h2-8,15H,9H2,1H3. The number of ether oxygens (including phenoxy) is 2. The molecule has 2 aromatic carbocycles. The highest BCUT2D eigenvalue weighted by atomic mass is 32.2. The molecule has 0 aromatic heterocycles. The summed E-state index contributed by atoms with van der Waals surface area (Å²) in [6.45, 7) is 0.0957. The molecule has 0 saturated carbocycles. The maximum Gasteiger partial charge on any atom is 0.261 e. The van der Waals surface area contributed by atoms with Crippen molar-refractivity contribution in [2.45, 2.75) is 9.79 Å². The molecule has 0 unspecified atom stereocenters. The van der Waals surface area contributed by atoms with Crippen LogP contribution in [0, 0.1) is 0 Å². The maximum absolute atomic E-state index is 12.3. The molecule has 1 N–H and O–H groups in total. The van der Waals surface area contributed by atoms with Crippen molar-refractivity contribution >= 4 is 25.5 Å². The lowest BCUT2D eigenvalue weighted by atomic mass is 10.3. The Labute approximate surface area is 133 Å². The van der Waals surface area contributed by atoms with Crippen molar-refractivity contribution in [1.82, 2.24) is 0 Å². The van der Waals surface area contributed by atoms with Crippen LogP contribution in [0.3, 0.4) is 0 Å². The molecular formula is C14H13NO6S2. The molecule has 7 nitrogen and oxygen atoms in total. The summed E-state index contributed by atoms with van der Waals surface area (Å²) in [5, 5.41) is 0. The van der Waals surface area contributed by atoms with Gasteiger partial charge in [-0.25, -0.2) is 16.8 Å². The molecule has 0 saturated heterocycles. The molecule has 23 heavy (non-hydrogen) atoms. The fourth-order valence-corrected chi connectivity index (χ4v) is 3.72. The van der Waals surface area contributed by atoms with Crippen LogP contribution in [0.4, 0.5) is 5.69 Å². The molecule has 0 bridgehead atoms. The topological polar surface area (TPSA) is 98.8 Å². The van der Waals surface area contributed by atoms with E-state index in [9.17, 15) is 16.8 Å². The maximum atomic E-state index is 12.3. The third-order valence-electron chi connectivity index (χ3n) is 3.19. The normalized spacial score (nSPS) is 13.8. The molecule has 0 spiro atoms. The summed E-state index contributed by atoms with van der Waals surface area (Å²) in [6, 6.07) is 9.66. The molecule has 0 atom stereocenters. The van der Waals surface area contributed by atoms with Crippen molar-refractivity contribution < 1.29 is 26.3 Å². The Morgan fingerprint density at radius 1 is 0.870 bits per heavy atom. The monoisotopic (exact) mass is 355 g/mol. The average Bonchev–Trinajstić information content (AvgIpc) is 2.93. The first kappa shape index (κ1) is 15.6. The number of hydrogen-bond donors (Lipinski definition) is 1. The molecule has 1 aliphatic heterocycles. The van der Waals surface area contributed by atoms with Crippen LogP contribution in [0.5, 0.6) is 11.5 Å². The Balaban J connectivity index is 1.87. The molecule has 0 aliphatic carbocycles. The van der Waals surface area contributed by atoms with Crippen LogP contribution in [0.25, 0.3) is 0 Å². The third kappa shape index (κ3) is 3.25. The fraction of sp³-hybridized carbons (Fsp3) is 0.143. The van der Waals surface area contributed by atoms with Crippen molar-refractivity contribution in [1.29, 1.82) is 0 Å². The zero-order valence-corrected chi connectivity index (χ0v) is 13.6. The van der Waals surface area contributed by atoms with Gasteiger partial charge in [-0.3, -0.25) is 4.72 Å². The zero-order valence-electron chi connectivity index (χ0n) is 12.0. The number of hydrogen-bond acceptors (Lipinski definition) is 6. The predicted molar refractivity (Wildman–Crippen MR) is 82.9 cm³/mol. The summed E-state index contributed by atoms with van der Waals surface area (Å²) in [5.41, 5.74) is 0.321. The summed E-state index contributed by atoms with van der Waals surface area (Å²) in [6.07, 6.45) is 1.06. The molecule has 2 aromatic rings. The van der Waals surface area contributed by atoms with Gasteiger partial charge in [-0.15, -0.1) is 0 Å². The van der Waals surface area contributed by atoms with Gasteiger partial charge in [0.15, 0.2) is 21.3 Å². The molecule has 1 heterocycles. The lowest BCUT2D eigenvalue weighted by molar-refractivity contribution is 0.174. The molecular weight excluding hydrogens is 342 g/mol. The number of anilines is 1. The highest BCUT2D eigenvalue weighted by Crippen LogP contribution is 2.34. The van der Waals surface area contributed by atoms with E-state index in [4.69, 9.17) is 9.47 Å². The van der Waals surface area contributed by atoms with Gasteiger partial charge in [0.2, 0.25) is 6.79 Å². The van der Waals surface area contributed by atoms with E-state index in [1.165, 1.54) is 30.3 Å². The van der Waals surface area contributed by atoms with E-state index in [0.29, 0.717) is 17.2 Å². The van der Waals surface area contributed by atoms with Gasteiger partial charge in [0, 0.05) is 12.3 Å². The summed E-state index contributed by atoms with van der Waals surface area (Å²) in [7, 11) is -7.21. The van der Waals surface area contributed by atoms with E-state index >= 15 is 0 Å². The number of benzene rings is 2. The second-order valence-corrected chi connectivity index (χ2v) is 8.62. The number of rotatable bonds is 4. The first-order valence-corrected chi connectivity index (χ1v) is 9.86. The number of sulfone groups is 1. The van der Waals surface area contributed by atoms with Crippen LogP contribution >= 0.6 is 0 Å². The van der Waals surface area contributed by atoms with E-state index in [1.54, 1.807) is 12.1 Å². The van der Waals surface area contributed by atoms with E-state index < -0.39 is 19.9 Å². The van der Waals surface area contributed by atoms with Gasteiger partial charge in [-0.2, -0.15) is 0 Å². The lowest BCUT2D eigenvalue weighted by Gasteiger charge is -2.09. The fourth-order valence-electron chi connectivity index (χ4n) is 2.04. The molecule has 0 amide bonds. The SMILES string of the molecule is CS(=O)(=O)c1ccc(S(=O)(=O)Nc2ccc3c(c2)OCO3)cc1. The summed E-state index contributed by atoms with van der Waals surface area (Å²) in [5.74, 6) is 1.00. The van der Waals surface area contributed by atoms with Gasteiger partial charge in [-0.1, -0.05) is 0 Å². The van der Waals surface area contributed by atoms with Crippen molar-refractivity contribution in [2.75, 3.05) is 17.8 Å². The minimum absolute atomic E-state index is 0.0393. The van der Waals surface area contributed by atoms with Gasteiger partial charge in [0.05, 0.1) is 15.5 Å². The van der Waals surface area contributed by atoms with Crippen molar-refractivity contribution in [3.05, 3.63) is 42.5 Å². The van der Waals surface area contributed by atoms with Crippen LogP contribution < -0.4 is 14.2 Å². The highest BCUT2D eigenvalue weighted by molar-refractivity contribution is 7.92. The van der Waals surface area contributed by atoms with Crippen molar-refractivity contribution in [3.8, 4) is 11.5 Å². The predicted octanol–water partition coefficient (Wildman–Crippen LogP) is 1.62. The van der Waals surface area contributed by atoms with Gasteiger partial charge in [0.1, 0.15) is 0 Å². The van der Waals surface area contributed by atoms with Crippen LogP contribution in [0.2, 0.25) is 0 Å². The van der Waals surface area contributed by atoms with Gasteiger partial charge in [0.25, 0.3) is 10.0 Å². The van der Waals surface area contributed by atoms with E-state index in [-0.39, 0.29) is 16.6 Å². The molecule has 0 radical (unpaired) electrons. The Morgan fingerprint density at radius 3 is 2.13 bits per heavy atom. The summed E-state index contributed by atoms with van der Waals surface area (Å²) >= 11 is 0. The molecule has 0 fully saturated rings. The number of fused-ring (bicyclic) bond motifs is 1. The van der Waals surface area contributed by atoms with Crippen molar-refractivity contribution in [3.63, 3.8) is 0 Å². The Hall–Kier alpha value is -2.26. The number of nitrogens with one attached hydrogen (secondary N) is 1. The van der Waals surface area contributed by atoms with E-state index in [2.05, 4.69) is 4.72 Å². The Bertz CT molecular complexity index is 949. The quantitative estimate of drug-likeness (QED) is 0.895. The lowest BCUT2D eigenvalue weighted by Crippen LogP contribution is -2.13. The number of sulfonamides is 1. The van der Waals surface area contributed by atoms with Gasteiger partial charge >= 0.3 is 0 Å². The molecule has 3 rings (SSSR count). The van der Waals surface area contributed by atoms with Crippen LogP contribution in [-0.2, 0) is 19.9 Å². The smallest absolute Gasteiger partial charge is 0.261 e. The van der Waals surface area contributed by atoms with Gasteiger partial charge in [-0.05, 0) is 36.4 Å². The minimum Gasteiger partial charge on any atom is -0.454 e. The van der Waals surface area contributed by atoms with Crippen molar-refractivity contribution in [2.24, 2.45) is 0 Å². The molecule has 1 aliphatic rings. The third-order valence-corrected chi connectivity index (χ3v) is 5.71. The largest absolute Gasteiger partial charge is 0.454 e. The van der Waals surface area contributed by atoms with Crippen LogP contribution in [-0.4, -0.2) is 29.9 Å². The second-order valence-electron chi connectivity index (χ2n) is 4.92. The average molecular weight is 355 g/mol. The highest BCUT2D eigenvalue weighted by Gasteiger charge is 2.18. The first-order valence-electron chi connectivity index (χ1n) is 6.48. The molecule has 122 valence electrons. The van der Waals surface area contributed by atoms with E-state index in [1.807, 2.05) is 0 Å². The minimum atomic E-state index is -3.83. The van der Waals surface area contributed by atoms with Gasteiger partial charge < -0.3 is 9.47 Å². The van der Waals surface area contributed by atoms with E-state index in [0.717, 1.165) is 6.26 Å². The first-order chi connectivity index (χ1) is 10.8. The van der Waals surface area contributed by atoms with Crippen LogP contribution in [0.15, 0.2) is 52.3 Å².